The van der Waals surface area contributed by atoms with Crippen molar-refractivity contribution in [1.29, 1.82) is 0 Å². The van der Waals surface area contributed by atoms with Crippen molar-refractivity contribution in [1.82, 2.24) is 0 Å². The number of rotatable bonds is 5. The first-order chi connectivity index (χ1) is 13.8. The lowest BCUT2D eigenvalue weighted by Gasteiger charge is -2.05. The van der Waals surface area contributed by atoms with Crippen LogP contribution in [0.25, 0.3) is 32.0 Å². The van der Waals surface area contributed by atoms with Crippen LogP contribution in [0.1, 0.15) is 0 Å². The van der Waals surface area contributed by atoms with Gasteiger partial charge < -0.3 is 9.47 Å². The van der Waals surface area contributed by atoms with E-state index in [0.717, 1.165) is 11.5 Å². The van der Waals surface area contributed by atoms with E-state index < -0.39 is 0 Å². The standard InChI is InChI=1S/C25H21O2S/c1-26-22-12-8-18(9-13-22)21-16-24(19-6-4-3-5-7-19)28-25(17-21)20-10-14-23(27-2)15-11-20/h3-17H,1-2H3/q+1. The third kappa shape index (κ3) is 3.90. The second kappa shape index (κ2) is 8.24. The predicted molar refractivity (Wildman–Crippen MR) is 118 cm³/mol. The molecule has 0 atom stereocenters. The first kappa shape index (κ1) is 18.2. The summed E-state index contributed by atoms with van der Waals surface area (Å²) in [6.07, 6.45) is 0. The van der Waals surface area contributed by atoms with E-state index in [2.05, 4.69) is 60.7 Å². The summed E-state index contributed by atoms with van der Waals surface area (Å²) in [6, 6.07) is 31.5. The fourth-order valence-corrected chi connectivity index (χ4v) is 4.21. The number of benzene rings is 3. The molecule has 1 heterocycles. The van der Waals surface area contributed by atoms with Crippen molar-refractivity contribution >= 4 is 11.3 Å². The molecule has 0 unspecified atom stereocenters. The molecule has 4 aromatic rings. The minimum absolute atomic E-state index is 0.862. The molecular weight excluding hydrogens is 364 g/mol. The smallest absolute Gasteiger partial charge is 0.239 e. The van der Waals surface area contributed by atoms with Gasteiger partial charge in [0.2, 0.25) is 21.1 Å². The summed E-state index contributed by atoms with van der Waals surface area (Å²) in [6.45, 7) is 0. The second-order valence-corrected chi connectivity index (χ2v) is 7.48. The number of hydrogen-bond acceptors (Lipinski definition) is 2. The van der Waals surface area contributed by atoms with Crippen molar-refractivity contribution in [2.75, 3.05) is 14.2 Å². The van der Waals surface area contributed by atoms with Crippen molar-refractivity contribution in [2.24, 2.45) is 0 Å². The zero-order chi connectivity index (χ0) is 19.3. The van der Waals surface area contributed by atoms with Gasteiger partial charge in [0.15, 0.2) is 0 Å². The van der Waals surface area contributed by atoms with Crippen LogP contribution in [0.3, 0.4) is 0 Å². The molecule has 1 aromatic heterocycles. The number of hydrogen-bond donors (Lipinski definition) is 0. The molecule has 3 heteroatoms. The summed E-state index contributed by atoms with van der Waals surface area (Å²) in [7, 11) is 3.38. The van der Waals surface area contributed by atoms with Crippen LogP contribution >= 0.6 is 11.3 Å². The van der Waals surface area contributed by atoms with Crippen molar-refractivity contribution in [3.63, 3.8) is 0 Å². The Bertz CT molecular complexity index is 990. The molecule has 0 amide bonds. The molecule has 0 radical (unpaired) electrons. The maximum atomic E-state index is 5.30. The Kier molecular flexibility index (Phi) is 5.36. The Labute approximate surface area is 169 Å². The lowest BCUT2D eigenvalue weighted by Crippen LogP contribution is -1.86. The quantitative estimate of drug-likeness (QED) is 0.343. The summed E-state index contributed by atoms with van der Waals surface area (Å²) < 4.78 is 10.6. The summed E-state index contributed by atoms with van der Waals surface area (Å²) in [5, 5.41) is 0. The van der Waals surface area contributed by atoms with Gasteiger partial charge in [-0.1, -0.05) is 30.3 Å². The van der Waals surface area contributed by atoms with E-state index in [1.807, 2.05) is 30.3 Å². The largest absolute Gasteiger partial charge is 0.497 e. The molecule has 0 N–H and O–H groups in total. The van der Waals surface area contributed by atoms with Crippen molar-refractivity contribution < 1.29 is 9.47 Å². The molecule has 0 saturated carbocycles. The summed E-state index contributed by atoms with van der Waals surface area (Å²) >= 11 is 1.79. The minimum atomic E-state index is 0.862. The van der Waals surface area contributed by atoms with E-state index in [1.165, 1.54) is 32.0 Å². The molecule has 0 aliphatic rings. The zero-order valence-electron chi connectivity index (χ0n) is 15.9. The summed E-state index contributed by atoms with van der Waals surface area (Å²) in [5.41, 5.74) is 4.75. The van der Waals surface area contributed by atoms with Gasteiger partial charge in [-0.25, -0.2) is 0 Å². The van der Waals surface area contributed by atoms with Crippen LogP contribution < -0.4 is 9.47 Å². The van der Waals surface area contributed by atoms with Crippen LogP contribution in [0, 0.1) is 0 Å². The highest BCUT2D eigenvalue weighted by Crippen LogP contribution is 2.38. The highest BCUT2D eigenvalue weighted by Gasteiger charge is 2.19. The number of ether oxygens (including phenoxy) is 2. The Morgan fingerprint density at radius 1 is 0.500 bits per heavy atom. The Balaban J connectivity index is 1.84. The van der Waals surface area contributed by atoms with Gasteiger partial charge in [-0.3, -0.25) is 0 Å². The van der Waals surface area contributed by atoms with Gasteiger partial charge in [0, 0.05) is 23.3 Å². The molecule has 0 aliphatic carbocycles. The van der Waals surface area contributed by atoms with E-state index in [-0.39, 0.29) is 0 Å². The highest BCUT2D eigenvalue weighted by atomic mass is 32.1. The van der Waals surface area contributed by atoms with Crippen LogP contribution in [0.15, 0.2) is 91.0 Å². The molecule has 3 aromatic carbocycles. The molecule has 0 spiro atoms. The highest BCUT2D eigenvalue weighted by molar-refractivity contribution is 7.18. The molecule has 0 fully saturated rings. The Hall–Kier alpha value is -3.17. The number of methoxy groups -OCH3 is 2. The van der Waals surface area contributed by atoms with Crippen LogP contribution in [-0.4, -0.2) is 14.2 Å². The molecule has 0 aliphatic heterocycles. The molecule has 138 valence electrons. The van der Waals surface area contributed by atoms with Gasteiger partial charge in [-0.15, -0.1) is 0 Å². The molecule has 28 heavy (non-hydrogen) atoms. The SMILES string of the molecule is COc1ccc(-c2cc(-c3ccccc3)[s+]c(-c3ccc(OC)cc3)c2)cc1. The van der Waals surface area contributed by atoms with Gasteiger partial charge in [-0.05, 0) is 59.7 Å². The van der Waals surface area contributed by atoms with Gasteiger partial charge in [0.05, 0.1) is 14.2 Å². The van der Waals surface area contributed by atoms with E-state index in [4.69, 9.17) is 9.47 Å². The van der Waals surface area contributed by atoms with Gasteiger partial charge >= 0.3 is 0 Å². The molecule has 4 rings (SSSR count). The first-order valence-corrected chi connectivity index (χ1v) is 9.91. The molecule has 2 nitrogen and oxygen atoms in total. The monoisotopic (exact) mass is 385 g/mol. The van der Waals surface area contributed by atoms with Crippen LogP contribution in [0.5, 0.6) is 11.5 Å². The van der Waals surface area contributed by atoms with Gasteiger partial charge in [0.25, 0.3) is 0 Å². The van der Waals surface area contributed by atoms with Gasteiger partial charge in [-0.2, -0.15) is 0 Å². The Morgan fingerprint density at radius 3 is 1.46 bits per heavy atom. The summed E-state index contributed by atoms with van der Waals surface area (Å²) in [4.78, 5) is 2.45. The topological polar surface area (TPSA) is 18.5 Å². The van der Waals surface area contributed by atoms with Crippen LogP contribution in [0.2, 0.25) is 0 Å². The maximum Gasteiger partial charge on any atom is 0.239 e. The van der Waals surface area contributed by atoms with E-state index in [0.29, 0.717) is 0 Å². The van der Waals surface area contributed by atoms with E-state index in [1.54, 1.807) is 25.6 Å². The lowest BCUT2D eigenvalue weighted by molar-refractivity contribution is 0.415. The van der Waals surface area contributed by atoms with Crippen molar-refractivity contribution in [3.8, 4) is 43.5 Å². The average Bonchev–Trinajstić information content (AvgIpc) is 2.79. The van der Waals surface area contributed by atoms with Gasteiger partial charge in [0.1, 0.15) is 11.5 Å². The third-order valence-corrected chi connectivity index (χ3v) is 5.80. The Morgan fingerprint density at radius 2 is 0.964 bits per heavy atom. The first-order valence-electron chi connectivity index (χ1n) is 9.09. The predicted octanol–water partition coefficient (Wildman–Crippen LogP) is 7.05. The lowest BCUT2D eigenvalue weighted by atomic mass is 10.0. The van der Waals surface area contributed by atoms with Crippen LogP contribution in [0.4, 0.5) is 0 Å². The third-order valence-electron chi connectivity index (χ3n) is 4.65. The second-order valence-electron chi connectivity index (χ2n) is 6.40. The minimum Gasteiger partial charge on any atom is -0.497 e. The maximum absolute atomic E-state index is 5.30. The molecule has 0 bridgehead atoms. The fourth-order valence-electron chi connectivity index (χ4n) is 3.09. The van der Waals surface area contributed by atoms with Crippen molar-refractivity contribution in [2.45, 2.75) is 0 Å². The normalized spacial score (nSPS) is 10.5. The van der Waals surface area contributed by atoms with E-state index >= 15 is 0 Å². The fraction of sp³-hybridized carbons (Fsp3) is 0.0800. The molecular formula is C25H21O2S+. The van der Waals surface area contributed by atoms with Crippen LogP contribution in [-0.2, 0) is 0 Å². The van der Waals surface area contributed by atoms with E-state index in [9.17, 15) is 0 Å². The zero-order valence-corrected chi connectivity index (χ0v) is 16.7. The van der Waals surface area contributed by atoms with Crippen molar-refractivity contribution in [3.05, 3.63) is 91.0 Å². The summed E-state index contributed by atoms with van der Waals surface area (Å²) in [5.74, 6) is 1.73. The molecule has 0 saturated heterocycles. The average molecular weight is 386 g/mol.